The van der Waals surface area contributed by atoms with Gasteiger partial charge in [0.05, 0.1) is 6.04 Å². The predicted octanol–water partition coefficient (Wildman–Crippen LogP) is 2.69. The van der Waals surface area contributed by atoms with Gasteiger partial charge in [0.25, 0.3) is 0 Å². The second-order valence-corrected chi connectivity index (χ2v) is 10.2. The zero-order chi connectivity index (χ0) is 23.9. The summed E-state index contributed by atoms with van der Waals surface area (Å²) in [5.41, 5.74) is 0.889. The van der Waals surface area contributed by atoms with E-state index < -0.39 is 18.2 Å². The van der Waals surface area contributed by atoms with Gasteiger partial charge in [0, 0.05) is 43.6 Å². The highest BCUT2D eigenvalue weighted by molar-refractivity contribution is 9.09. The fourth-order valence-electron chi connectivity index (χ4n) is 5.03. The Kier molecular flexibility index (Phi) is 6.93. The minimum Gasteiger partial charge on any atom is -0.406 e. The number of likely N-dealkylation sites (N-methyl/N-ethyl adjacent to an activating group) is 1. The van der Waals surface area contributed by atoms with Crippen LogP contribution >= 0.6 is 15.9 Å². The van der Waals surface area contributed by atoms with Crippen molar-refractivity contribution in [2.45, 2.75) is 68.2 Å². The minimum atomic E-state index is -4.70. The Hall–Kier alpha value is -1.85. The molecule has 4 unspecified atom stereocenters. The van der Waals surface area contributed by atoms with Gasteiger partial charge in [-0.15, -0.1) is 13.2 Å². The van der Waals surface area contributed by atoms with E-state index in [-0.39, 0.29) is 34.9 Å². The Balaban J connectivity index is 1.37. The molecule has 182 valence electrons. The molecule has 0 radical (unpaired) electrons. The smallest absolute Gasteiger partial charge is 0.406 e. The van der Waals surface area contributed by atoms with E-state index in [2.05, 4.69) is 37.8 Å². The van der Waals surface area contributed by atoms with Crippen molar-refractivity contribution >= 4 is 27.7 Å². The standard InChI is InChI=1S/C22H28BrF3N4O3/c1-13-17(23)11-18-19(27-13)30(21(32)20(31)28(18)2)15-7-9-29(10-8-15)12-14-3-5-16(6-4-14)33-22(24,25)26/h3-6,13,15,17-19,27H,7-12H2,1-2H3. The number of piperidine rings is 2. The molecule has 11 heteroatoms. The first-order valence-electron chi connectivity index (χ1n) is 11.1. The van der Waals surface area contributed by atoms with Crippen LogP contribution in [0.5, 0.6) is 5.75 Å². The summed E-state index contributed by atoms with van der Waals surface area (Å²) in [4.78, 5) is 31.4. The van der Waals surface area contributed by atoms with Gasteiger partial charge in [-0.1, -0.05) is 28.1 Å². The lowest BCUT2D eigenvalue weighted by atomic mass is 9.91. The van der Waals surface area contributed by atoms with Crippen molar-refractivity contribution in [3.05, 3.63) is 29.8 Å². The summed E-state index contributed by atoms with van der Waals surface area (Å²) < 4.78 is 40.9. The number of hydrogen-bond acceptors (Lipinski definition) is 5. The van der Waals surface area contributed by atoms with Crippen LogP contribution in [0.25, 0.3) is 0 Å². The zero-order valence-electron chi connectivity index (χ0n) is 18.5. The van der Waals surface area contributed by atoms with Crippen LogP contribution in [0.3, 0.4) is 0 Å². The molecule has 0 bridgehead atoms. The highest BCUT2D eigenvalue weighted by atomic mass is 79.9. The van der Waals surface area contributed by atoms with Crippen LogP contribution in [0.15, 0.2) is 24.3 Å². The molecule has 3 saturated heterocycles. The lowest BCUT2D eigenvalue weighted by Gasteiger charge is -2.54. The number of fused-ring (bicyclic) bond motifs is 1. The van der Waals surface area contributed by atoms with E-state index in [9.17, 15) is 22.8 Å². The molecule has 0 saturated carbocycles. The molecule has 1 N–H and O–H groups in total. The molecule has 33 heavy (non-hydrogen) atoms. The van der Waals surface area contributed by atoms with E-state index in [1.807, 2.05) is 0 Å². The van der Waals surface area contributed by atoms with Gasteiger partial charge >= 0.3 is 18.2 Å². The molecule has 0 spiro atoms. The van der Waals surface area contributed by atoms with Gasteiger partial charge in [-0.05, 0) is 43.9 Å². The number of carbonyl (C=O) groups is 2. The number of hydrogen-bond donors (Lipinski definition) is 1. The Morgan fingerprint density at radius 3 is 2.36 bits per heavy atom. The summed E-state index contributed by atoms with van der Waals surface area (Å²) in [7, 11) is 1.69. The van der Waals surface area contributed by atoms with Crippen molar-refractivity contribution in [2.75, 3.05) is 20.1 Å². The molecular weight excluding hydrogens is 505 g/mol. The van der Waals surface area contributed by atoms with Crippen LogP contribution in [-0.4, -0.2) is 82.1 Å². The molecule has 3 aliphatic rings. The number of halogens is 4. The minimum absolute atomic E-state index is 0.0342. The average Bonchev–Trinajstić information content (AvgIpc) is 2.75. The molecule has 3 heterocycles. The van der Waals surface area contributed by atoms with Crippen LogP contribution in [0.4, 0.5) is 13.2 Å². The molecule has 4 rings (SSSR count). The van der Waals surface area contributed by atoms with Gasteiger partial charge < -0.3 is 14.5 Å². The molecule has 7 nitrogen and oxygen atoms in total. The quantitative estimate of drug-likeness (QED) is 0.477. The Morgan fingerprint density at radius 1 is 1.12 bits per heavy atom. The fourth-order valence-corrected chi connectivity index (χ4v) is 5.56. The van der Waals surface area contributed by atoms with E-state index in [1.54, 1.807) is 29.0 Å². The number of rotatable bonds is 4. The van der Waals surface area contributed by atoms with Gasteiger partial charge in [-0.2, -0.15) is 0 Å². The van der Waals surface area contributed by atoms with E-state index in [0.717, 1.165) is 37.9 Å². The molecule has 4 atom stereocenters. The summed E-state index contributed by atoms with van der Waals surface area (Å²) in [6, 6.07) is 5.95. The van der Waals surface area contributed by atoms with E-state index in [1.165, 1.54) is 12.1 Å². The molecule has 3 fully saturated rings. The van der Waals surface area contributed by atoms with Crippen LogP contribution in [0.2, 0.25) is 0 Å². The van der Waals surface area contributed by atoms with Crippen LogP contribution < -0.4 is 10.1 Å². The first-order chi connectivity index (χ1) is 15.5. The van der Waals surface area contributed by atoms with Crippen LogP contribution in [0, 0.1) is 0 Å². The third kappa shape index (κ3) is 5.30. The van der Waals surface area contributed by atoms with E-state index in [4.69, 9.17) is 0 Å². The van der Waals surface area contributed by atoms with Crippen LogP contribution in [-0.2, 0) is 16.1 Å². The van der Waals surface area contributed by atoms with E-state index >= 15 is 0 Å². The molecule has 0 aromatic heterocycles. The number of nitrogens with zero attached hydrogens (tertiary/aromatic N) is 3. The maximum atomic E-state index is 13.0. The SMILES string of the molecule is CC1NC2C(CC1Br)N(C)C(=O)C(=O)N2C1CCN(Cc2ccc(OC(F)(F)F)cc2)CC1. The van der Waals surface area contributed by atoms with Crippen molar-refractivity contribution in [1.29, 1.82) is 0 Å². The van der Waals surface area contributed by atoms with Crippen molar-refractivity contribution in [3.63, 3.8) is 0 Å². The van der Waals surface area contributed by atoms with Crippen molar-refractivity contribution in [3.8, 4) is 5.75 Å². The number of carbonyl (C=O) groups excluding carboxylic acids is 2. The normalized spacial score (nSPS) is 29.9. The zero-order valence-corrected chi connectivity index (χ0v) is 20.1. The third-order valence-corrected chi connectivity index (χ3v) is 8.02. The third-order valence-electron chi connectivity index (χ3n) is 6.86. The molecule has 1 aromatic rings. The van der Waals surface area contributed by atoms with Gasteiger partial charge in [0.1, 0.15) is 11.9 Å². The maximum absolute atomic E-state index is 13.0. The van der Waals surface area contributed by atoms with Gasteiger partial charge in [0.2, 0.25) is 0 Å². The molecule has 0 aliphatic carbocycles. The number of amides is 2. The average molecular weight is 533 g/mol. The summed E-state index contributed by atoms with van der Waals surface area (Å²) in [5.74, 6) is -1.15. The Morgan fingerprint density at radius 2 is 1.76 bits per heavy atom. The second-order valence-electron chi connectivity index (χ2n) is 9.05. The summed E-state index contributed by atoms with van der Waals surface area (Å²) in [6.45, 7) is 4.13. The topological polar surface area (TPSA) is 65.1 Å². The summed E-state index contributed by atoms with van der Waals surface area (Å²) in [6.07, 6.45) is -2.67. The lowest BCUT2D eigenvalue weighted by molar-refractivity contribution is -0.274. The van der Waals surface area contributed by atoms with Crippen molar-refractivity contribution < 1.29 is 27.5 Å². The Bertz CT molecular complexity index is 877. The van der Waals surface area contributed by atoms with Crippen molar-refractivity contribution in [2.24, 2.45) is 0 Å². The Labute approximate surface area is 199 Å². The predicted molar refractivity (Wildman–Crippen MR) is 119 cm³/mol. The van der Waals surface area contributed by atoms with E-state index in [0.29, 0.717) is 6.54 Å². The number of likely N-dealkylation sites (tertiary alicyclic amines) is 1. The number of benzene rings is 1. The van der Waals surface area contributed by atoms with Gasteiger partial charge in [-0.3, -0.25) is 19.8 Å². The monoisotopic (exact) mass is 532 g/mol. The molecule has 3 aliphatic heterocycles. The molecule has 2 amide bonds. The number of alkyl halides is 4. The van der Waals surface area contributed by atoms with Crippen LogP contribution in [0.1, 0.15) is 31.7 Å². The van der Waals surface area contributed by atoms with Gasteiger partial charge in [0.15, 0.2) is 0 Å². The highest BCUT2D eigenvalue weighted by Gasteiger charge is 2.50. The van der Waals surface area contributed by atoms with Gasteiger partial charge in [-0.25, -0.2) is 0 Å². The number of ether oxygens (including phenoxy) is 1. The first kappa shape index (κ1) is 24.3. The fraction of sp³-hybridized carbons (Fsp3) is 0.636. The lowest BCUT2D eigenvalue weighted by Crippen LogP contribution is -2.74. The number of piperazine rings is 1. The molecular formula is C22H28BrF3N4O3. The highest BCUT2D eigenvalue weighted by Crippen LogP contribution is 2.32. The summed E-state index contributed by atoms with van der Waals surface area (Å²) in [5, 5.41) is 3.53. The molecule has 1 aromatic carbocycles. The maximum Gasteiger partial charge on any atom is 0.573 e. The number of nitrogens with one attached hydrogen (secondary N) is 1. The van der Waals surface area contributed by atoms with Crippen molar-refractivity contribution in [1.82, 2.24) is 20.0 Å². The second kappa shape index (κ2) is 9.42. The largest absolute Gasteiger partial charge is 0.573 e. The first-order valence-corrected chi connectivity index (χ1v) is 12.0. The summed E-state index contributed by atoms with van der Waals surface area (Å²) >= 11 is 3.68.